The van der Waals surface area contributed by atoms with E-state index in [9.17, 15) is 4.79 Å². The maximum absolute atomic E-state index is 11.5. The van der Waals surface area contributed by atoms with Crippen molar-refractivity contribution in [3.63, 3.8) is 0 Å². The molecule has 5 nitrogen and oxygen atoms in total. The van der Waals surface area contributed by atoms with Gasteiger partial charge in [0.2, 0.25) is 6.04 Å². The Balaban J connectivity index is 2.42. The zero-order chi connectivity index (χ0) is 34.1. The number of ether oxygens (including phenoxy) is 1. The van der Waals surface area contributed by atoms with E-state index in [1.807, 2.05) is 0 Å². The quantitative estimate of drug-likeness (QED) is 0.0584. The second kappa shape index (κ2) is 16.9. The van der Waals surface area contributed by atoms with Crippen molar-refractivity contribution in [1.82, 2.24) is 0 Å². The average Bonchev–Trinajstić information content (AvgIpc) is 3.29. The van der Waals surface area contributed by atoms with Crippen LogP contribution in [-0.4, -0.2) is 41.9 Å². The fourth-order valence-electron chi connectivity index (χ4n) is 5.84. The van der Waals surface area contributed by atoms with Gasteiger partial charge in [-0.3, -0.25) is 4.79 Å². The molecule has 1 aliphatic carbocycles. The smallest absolute Gasteiger partial charge is 0.305 e. The predicted molar refractivity (Wildman–Crippen MR) is 195 cm³/mol. The highest BCUT2D eigenvalue weighted by Crippen LogP contribution is 2.49. The molecule has 1 unspecified atom stereocenters. The van der Waals surface area contributed by atoms with E-state index in [-0.39, 0.29) is 46.1 Å². The van der Waals surface area contributed by atoms with E-state index >= 15 is 0 Å². The fraction of sp³-hybridized carbons (Fsp3) is 0.737. The van der Waals surface area contributed by atoms with Gasteiger partial charge in [0.15, 0.2) is 16.6 Å². The predicted octanol–water partition coefficient (Wildman–Crippen LogP) is 11.4. The summed E-state index contributed by atoms with van der Waals surface area (Å²) in [6, 6.07) is 9.14. The Kier molecular flexibility index (Phi) is 14.8. The zero-order valence-electron chi connectivity index (χ0n) is 30.8. The van der Waals surface area contributed by atoms with Gasteiger partial charge < -0.3 is 18.4 Å². The average molecular weight is 656 g/mol. The summed E-state index contributed by atoms with van der Waals surface area (Å²) in [5.74, 6) is 0.180. The number of allylic oxidation sites excluding steroid dienone is 2. The van der Waals surface area contributed by atoms with Crippen LogP contribution in [-0.2, 0) is 18.4 Å². The number of benzene rings is 1. The number of esters is 1. The number of unbranched alkanes of at least 4 members (excludes halogenated alkanes) is 3. The minimum Gasteiger partial charge on any atom is -0.469 e. The summed E-state index contributed by atoms with van der Waals surface area (Å²) in [5, 5.41) is 0.252. The van der Waals surface area contributed by atoms with E-state index in [4.69, 9.17) is 20.2 Å². The summed E-state index contributed by atoms with van der Waals surface area (Å²) < 4.78 is 18.9. The van der Waals surface area contributed by atoms with Crippen LogP contribution in [0.5, 0.6) is 0 Å². The van der Waals surface area contributed by atoms with Crippen LogP contribution in [0.25, 0.3) is 4.85 Å². The van der Waals surface area contributed by atoms with Gasteiger partial charge >= 0.3 is 5.97 Å². The van der Waals surface area contributed by atoms with Crippen LogP contribution >= 0.6 is 0 Å². The second-order valence-electron chi connectivity index (χ2n) is 16.2. The second-order valence-corrected chi connectivity index (χ2v) is 25.8. The van der Waals surface area contributed by atoms with Gasteiger partial charge in [-0.15, -0.1) is 0 Å². The van der Waals surface area contributed by atoms with Crippen molar-refractivity contribution < 1.29 is 18.4 Å². The maximum Gasteiger partial charge on any atom is 0.305 e. The third-order valence-electron chi connectivity index (χ3n) is 10.8. The molecule has 0 amide bonds. The van der Waals surface area contributed by atoms with Crippen LogP contribution in [0, 0.1) is 12.5 Å². The molecule has 0 bridgehead atoms. The lowest BCUT2D eigenvalue weighted by atomic mass is 9.83. The zero-order valence-corrected chi connectivity index (χ0v) is 32.8. The van der Waals surface area contributed by atoms with Gasteiger partial charge in [-0.1, -0.05) is 104 Å². The summed E-state index contributed by atoms with van der Waals surface area (Å²) in [5.41, 5.74) is 2.54. The van der Waals surface area contributed by atoms with E-state index in [2.05, 4.69) is 116 Å². The van der Waals surface area contributed by atoms with E-state index in [1.165, 1.54) is 37.5 Å². The molecular weight excluding hydrogens is 591 g/mol. The molecule has 1 aromatic rings. The topological polar surface area (TPSA) is 49.1 Å². The van der Waals surface area contributed by atoms with Crippen molar-refractivity contribution in [2.45, 2.75) is 167 Å². The van der Waals surface area contributed by atoms with Crippen molar-refractivity contribution >= 4 is 22.6 Å². The summed E-state index contributed by atoms with van der Waals surface area (Å²) in [4.78, 5) is 15.7. The maximum atomic E-state index is 11.5. The minimum absolute atomic E-state index is 0.0254. The van der Waals surface area contributed by atoms with Gasteiger partial charge in [-0.05, 0) is 73.1 Å². The molecule has 2 rings (SSSR count). The van der Waals surface area contributed by atoms with E-state index in [1.54, 1.807) is 0 Å². The number of nitrogens with zero attached hydrogens (tertiary/aromatic N) is 1. The van der Waals surface area contributed by atoms with Crippen LogP contribution in [0.4, 0.5) is 0 Å². The third-order valence-corrected chi connectivity index (χ3v) is 19.8. The summed E-state index contributed by atoms with van der Waals surface area (Å²) >= 11 is 0. The molecule has 1 aromatic carbocycles. The summed E-state index contributed by atoms with van der Waals surface area (Å²) in [6.07, 6.45) is 12.8. The van der Waals surface area contributed by atoms with Crippen LogP contribution in [0.1, 0.15) is 129 Å². The van der Waals surface area contributed by atoms with Crippen molar-refractivity contribution in [2.24, 2.45) is 5.92 Å². The number of hydrogen-bond donors (Lipinski definition) is 0. The van der Waals surface area contributed by atoms with Gasteiger partial charge in [-0.25, -0.2) is 6.57 Å². The molecule has 0 aromatic heterocycles. The molecule has 5 atom stereocenters. The van der Waals surface area contributed by atoms with Crippen molar-refractivity contribution in [3.8, 4) is 0 Å². The van der Waals surface area contributed by atoms with Crippen LogP contribution in [0.3, 0.4) is 0 Å². The molecule has 0 heterocycles. The number of methoxy groups -OCH3 is 1. The Morgan fingerprint density at radius 1 is 0.978 bits per heavy atom. The largest absolute Gasteiger partial charge is 0.469 e. The SMILES string of the molecule is [C-]#[N+][C@@H]1C[C@@H](O[Si](C)(C)C(C)(C)C)[C@H](c2ccc(C(CCCCC)O[Si](C)(C)C(C)(C)C)cc2)[C@H]1C/C=C\CCCC(=O)OC. The highest BCUT2D eigenvalue weighted by Gasteiger charge is 2.51. The molecule has 0 N–H and O–H groups in total. The van der Waals surface area contributed by atoms with E-state index in [0.29, 0.717) is 6.42 Å². The Morgan fingerprint density at radius 2 is 1.60 bits per heavy atom. The first-order valence-corrected chi connectivity index (χ1v) is 23.2. The van der Waals surface area contributed by atoms with Crippen LogP contribution in [0.2, 0.25) is 36.3 Å². The highest BCUT2D eigenvalue weighted by atomic mass is 28.4. The van der Waals surface area contributed by atoms with Crippen molar-refractivity contribution in [2.75, 3.05) is 7.11 Å². The van der Waals surface area contributed by atoms with Gasteiger partial charge in [0, 0.05) is 24.7 Å². The Bertz CT molecular complexity index is 1120. The van der Waals surface area contributed by atoms with Gasteiger partial charge in [0.05, 0.1) is 19.3 Å². The Labute approximate surface area is 279 Å². The summed E-state index contributed by atoms with van der Waals surface area (Å²) in [6.45, 7) is 33.6. The summed E-state index contributed by atoms with van der Waals surface area (Å²) in [7, 11) is -2.56. The van der Waals surface area contributed by atoms with E-state index < -0.39 is 16.6 Å². The first-order chi connectivity index (χ1) is 20.9. The van der Waals surface area contributed by atoms with E-state index in [0.717, 1.165) is 32.1 Å². The number of carbonyl (C=O) groups excluding carboxylic acids is 1. The molecule has 0 aliphatic heterocycles. The number of rotatable bonds is 16. The molecule has 254 valence electrons. The molecule has 0 saturated heterocycles. The minimum atomic E-state index is -2.05. The molecule has 7 heteroatoms. The van der Waals surface area contributed by atoms with Crippen molar-refractivity contribution in [3.05, 3.63) is 59.0 Å². The molecule has 1 aliphatic rings. The fourth-order valence-corrected chi connectivity index (χ4v) is 8.51. The van der Waals surface area contributed by atoms with Crippen molar-refractivity contribution in [1.29, 1.82) is 0 Å². The van der Waals surface area contributed by atoms with Gasteiger partial charge in [0.1, 0.15) is 0 Å². The number of carbonyl (C=O) groups is 1. The third kappa shape index (κ3) is 11.2. The number of hydrogen-bond acceptors (Lipinski definition) is 4. The van der Waals surface area contributed by atoms with Crippen LogP contribution in [0.15, 0.2) is 36.4 Å². The standard InChI is InChI=1S/C38H65NO4Si2/c1-14-15-18-22-33(42-44(10,11)37(2,3)4)29-24-26-30(27-25-29)36-31(21-19-16-17-20-23-35(40)41-9)32(39-8)28-34(36)43-45(12,13)38(5,6)7/h16,19,24-27,31-34,36H,14-15,17-18,20-23,28H2,1-7,9-13H3/b19-16-/t31-,32+,33?,34+,36+/m0/s1. The lowest BCUT2D eigenvalue weighted by Crippen LogP contribution is -2.44. The molecule has 0 spiro atoms. The first kappa shape index (κ1) is 39.5. The molecule has 1 fully saturated rings. The monoisotopic (exact) mass is 655 g/mol. The Morgan fingerprint density at radius 3 is 2.13 bits per heavy atom. The van der Waals surface area contributed by atoms with Gasteiger partial charge in [-0.2, -0.15) is 0 Å². The van der Waals surface area contributed by atoms with Gasteiger partial charge in [0.25, 0.3) is 0 Å². The molecule has 45 heavy (non-hydrogen) atoms. The normalized spacial score (nSPS) is 22.0. The lowest BCUT2D eigenvalue weighted by Gasteiger charge is -2.40. The molecular formula is C38H65NO4Si2. The Hall–Kier alpha value is -1.73. The lowest BCUT2D eigenvalue weighted by molar-refractivity contribution is -0.140. The highest BCUT2D eigenvalue weighted by molar-refractivity contribution is 6.74. The first-order valence-electron chi connectivity index (χ1n) is 17.4. The van der Waals surface area contributed by atoms with Crippen LogP contribution < -0.4 is 0 Å². The molecule has 1 saturated carbocycles. The molecule has 0 radical (unpaired) electrons.